The first-order chi connectivity index (χ1) is 12.9. The molecule has 1 fully saturated rings. The fraction of sp³-hybridized carbons (Fsp3) is 0.810. The standard InChI is InChI=1S/C21H37N5O/c1-21(20(27)24(3)4)10-8-16(9-11-21)19-17(15-25(5)14-12-22-2)23-26-13-6-7-18(19)26/h16,22H,6-15H2,1-5H3. The lowest BCUT2D eigenvalue weighted by Crippen LogP contribution is -2.40. The summed E-state index contributed by atoms with van der Waals surface area (Å²) in [6.45, 7) is 6.15. The van der Waals surface area contributed by atoms with E-state index in [1.54, 1.807) is 4.90 Å². The molecular formula is C21H37N5O. The van der Waals surface area contributed by atoms with Crippen molar-refractivity contribution in [2.75, 3.05) is 41.3 Å². The summed E-state index contributed by atoms with van der Waals surface area (Å²) in [6.07, 6.45) is 6.54. The van der Waals surface area contributed by atoms with E-state index in [2.05, 4.69) is 28.9 Å². The quantitative estimate of drug-likeness (QED) is 0.794. The minimum Gasteiger partial charge on any atom is -0.348 e. The van der Waals surface area contributed by atoms with Crippen LogP contribution in [-0.2, 0) is 24.3 Å². The molecule has 1 aromatic rings. The predicted molar refractivity (Wildman–Crippen MR) is 109 cm³/mol. The van der Waals surface area contributed by atoms with Crippen LogP contribution in [0.25, 0.3) is 0 Å². The van der Waals surface area contributed by atoms with Crippen molar-refractivity contribution in [3.05, 3.63) is 17.0 Å². The number of carbonyl (C=O) groups excluding carboxylic acids is 1. The van der Waals surface area contributed by atoms with E-state index in [4.69, 9.17) is 5.10 Å². The molecular weight excluding hydrogens is 338 g/mol. The first-order valence-corrected chi connectivity index (χ1v) is 10.5. The van der Waals surface area contributed by atoms with Crippen molar-refractivity contribution in [3.8, 4) is 0 Å². The molecule has 6 nitrogen and oxygen atoms in total. The van der Waals surface area contributed by atoms with Crippen molar-refractivity contribution in [3.63, 3.8) is 0 Å². The number of aryl methyl sites for hydroxylation is 1. The molecule has 1 aromatic heterocycles. The lowest BCUT2D eigenvalue weighted by atomic mass is 9.69. The summed E-state index contributed by atoms with van der Waals surface area (Å²) < 4.78 is 2.26. The molecule has 1 saturated carbocycles. The van der Waals surface area contributed by atoms with Gasteiger partial charge in [0.25, 0.3) is 0 Å². The summed E-state index contributed by atoms with van der Waals surface area (Å²) in [4.78, 5) is 16.7. The van der Waals surface area contributed by atoms with Crippen LogP contribution < -0.4 is 5.32 Å². The molecule has 0 spiro atoms. The van der Waals surface area contributed by atoms with Gasteiger partial charge in [0.15, 0.2) is 0 Å². The number of nitrogens with zero attached hydrogens (tertiary/aromatic N) is 4. The van der Waals surface area contributed by atoms with Gasteiger partial charge in [0.05, 0.1) is 5.69 Å². The molecule has 27 heavy (non-hydrogen) atoms. The molecule has 0 aromatic carbocycles. The fourth-order valence-electron chi connectivity index (χ4n) is 4.93. The normalized spacial score (nSPS) is 25.0. The Bertz CT molecular complexity index is 658. The summed E-state index contributed by atoms with van der Waals surface area (Å²) in [5.74, 6) is 0.843. The van der Waals surface area contributed by atoms with Gasteiger partial charge in [-0.15, -0.1) is 0 Å². The van der Waals surface area contributed by atoms with Crippen molar-refractivity contribution in [2.24, 2.45) is 5.41 Å². The van der Waals surface area contributed by atoms with Gasteiger partial charge in [0.1, 0.15) is 0 Å². The van der Waals surface area contributed by atoms with E-state index in [0.29, 0.717) is 5.92 Å². The van der Waals surface area contributed by atoms with Gasteiger partial charge in [-0.2, -0.15) is 5.10 Å². The smallest absolute Gasteiger partial charge is 0.227 e. The number of hydrogen-bond donors (Lipinski definition) is 1. The molecule has 1 aliphatic carbocycles. The Hall–Kier alpha value is -1.40. The summed E-state index contributed by atoms with van der Waals surface area (Å²) in [7, 11) is 7.94. The second-order valence-electron chi connectivity index (χ2n) is 9.01. The Morgan fingerprint density at radius 3 is 2.63 bits per heavy atom. The average molecular weight is 376 g/mol. The van der Waals surface area contributed by atoms with Crippen LogP contribution in [0.2, 0.25) is 0 Å². The number of aromatic nitrogens is 2. The molecule has 6 heteroatoms. The van der Waals surface area contributed by atoms with Crippen molar-refractivity contribution in [2.45, 2.75) is 64.5 Å². The van der Waals surface area contributed by atoms with Crippen LogP contribution in [0.15, 0.2) is 0 Å². The van der Waals surface area contributed by atoms with Gasteiger partial charge in [0, 0.05) is 56.9 Å². The number of likely N-dealkylation sites (N-methyl/N-ethyl adjacent to an activating group) is 2. The number of fused-ring (bicyclic) bond motifs is 1. The van der Waals surface area contributed by atoms with E-state index in [9.17, 15) is 4.79 Å². The Kier molecular flexibility index (Phi) is 6.26. The van der Waals surface area contributed by atoms with Crippen molar-refractivity contribution in [1.29, 1.82) is 0 Å². The second kappa shape index (κ2) is 8.31. The van der Waals surface area contributed by atoms with Gasteiger partial charge in [-0.3, -0.25) is 14.4 Å². The van der Waals surface area contributed by atoms with Crippen LogP contribution in [0.5, 0.6) is 0 Å². The fourth-order valence-corrected chi connectivity index (χ4v) is 4.93. The largest absolute Gasteiger partial charge is 0.348 e. The van der Waals surface area contributed by atoms with Gasteiger partial charge < -0.3 is 10.2 Å². The Morgan fingerprint density at radius 1 is 1.30 bits per heavy atom. The SMILES string of the molecule is CNCCN(C)Cc1nn2c(c1C1CCC(C)(C(=O)N(C)C)CC1)CCC2. The molecule has 3 rings (SSSR count). The van der Waals surface area contributed by atoms with E-state index >= 15 is 0 Å². The summed E-state index contributed by atoms with van der Waals surface area (Å²) in [6, 6.07) is 0. The molecule has 0 radical (unpaired) electrons. The zero-order valence-electron chi connectivity index (χ0n) is 17.8. The van der Waals surface area contributed by atoms with E-state index in [0.717, 1.165) is 58.3 Å². The third-order valence-corrected chi connectivity index (χ3v) is 6.54. The minimum absolute atomic E-state index is 0.194. The zero-order valence-corrected chi connectivity index (χ0v) is 17.8. The summed E-state index contributed by atoms with van der Waals surface area (Å²) in [5.41, 5.74) is 4.07. The van der Waals surface area contributed by atoms with Gasteiger partial charge in [-0.25, -0.2) is 0 Å². The minimum atomic E-state index is -0.194. The first kappa shape index (κ1) is 20.3. The van der Waals surface area contributed by atoms with Gasteiger partial charge >= 0.3 is 0 Å². The lowest BCUT2D eigenvalue weighted by Gasteiger charge is -2.38. The highest BCUT2D eigenvalue weighted by Crippen LogP contribution is 2.46. The Labute approximate surface area is 164 Å². The molecule has 1 N–H and O–H groups in total. The third kappa shape index (κ3) is 4.21. The Balaban J connectivity index is 1.76. The van der Waals surface area contributed by atoms with Crippen LogP contribution in [0.4, 0.5) is 0 Å². The number of nitrogens with one attached hydrogen (secondary N) is 1. The summed E-state index contributed by atoms with van der Waals surface area (Å²) in [5, 5.41) is 8.22. The predicted octanol–water partition coefficient (Wildman–Crippen LogP) is 2.23. The van der Waals surface area contributed by atoms with Crippen molar-refractivity contribution >= 4 is 5.91 Å². The highest BCUT2D eigenvalue weighted by atomic mass is 16.2. The van der Waals surface area contributed by atoms with E-state index < -0.39 is 0 Å². The monoisotopic (exact) mass is 375 g/mol. The van der Waals surface area contributed by atoms with Crippen LogP contribution in [0.3, 0.4) is 0 Å². The van der Waals surface area contributed by atoms with Crippen molar-refractivity contribution in [1.82, 2.24) is 24.9 Å². The maximum absolute atomic E-state index is 12.6. The second-order valence-corrected chi connectivity index (χ2v) is 9.01. The molecule has 0 atom stereocenters. The maximum atomic E-state index is 12.6. The van der Waals surface area contributed by atoms with Crippen LogP contribution in [-0.4, -0.2) is 66.8 Å². The molecule has 1 aliphatic heterocycles. The van der Waals surface area contributed by atoms with Gasteiger partial charge in [-0.05, 0) is 58.5 Å². The molecule has 2 aliphatic rings. The number of carbonyl (C=O) groups is 1. The molecule has 152 valence electrons. The van der Waals surface area contributed by atoms with Crippen LogP contribution >= 0.6 is 0 Å². The molecule has 2 heterocycles. The Morgan fingerprint density at radius 2 is 2.00 bits per heavy atom. The highest BCUT2D eigenvalue weighted by Gasteiger charge is 2.40. The van der Waals surface area contributed by atoms with Crippen LogP contribution in [0.1, 0.15) is 61.9 Å². The highest BCUT2D eigenvalue weighted by molar-refractivity contribution is 5.82. The van der Waals surface area contributed by atoms with E-state index in [-0.39, 0.29) is 11.3 Å². The maximum Gasteiger partial charge on any atom is 0.227 e. The number of hydrogen-bond acceptors (Lipinski definition) is 4. The van der Waals surface area contributed by atoms with E-state index in [1.165, 1.54) is 23.4 Å². The van der Waals surface area contributed by atoms with Gasteiger partial charge in [-0.1, -0.05) is 6.92 Å². The molecule has 0 bridgehead atoms. The van der Waals surface area contributed by atoms with Crippen LogP contribution in [0, 0.1) is 5.41 Å². The van der Waals surface area contributed by atoms with Gasteiger partial charge in [0.2, 0.25) is 5.91 Å². The average Bonchev–Trinajstić information content (AvgIpc) is 3.21. The van der Waals surface area contributed by atoms with E-state index in [1.807, 2.05) is 21.1 Å². The lowest BCUT2D eigenvalue weighted by molar-refractivity contribution is -0.140. The van der Waals surface area contributed by atoms with Crippen molar-refractivity contribution < 1.29 is 4.79 Å². The summed E-state index contributed by atoms with van der Waals surface area (Å²) >= 11 is 0. The number of rotatable bonds is 7. The zero-order chi connectivity index (χ0) is 19.6. The number of amides is 1. The molecule has 1 amide bonds. The third-order valence-electron chi connectivity index (χ3n) is 6.54. The topological polar surface area (TPSA) is 53.4 Å². The molecule has 0 unspecified atom stereocenters. The first-order valence-electron chi connectivity index (χ1n) is 10.5. The molecule has 0 saturated heterocycles.